The number of carbonyl (C=O) groups excluding carboxylic acids is 1. The Morgan fingerprint density at radius 1 is 1.33 bits per heavy atom. The van der Waals surface area contributed by atoms with Crippen LogP contribution >= 0.6 is 0 Å². The number of nitro benzene ring substituents is 1. The number of benzene rings is 1. The van der Waals surface area contributed by atoms with Gasteiger partial charge in [0.2, 0.25) is 6.54 Å². The Balaban J connectivity index is 2.35. The summed E-state index contributed by atoms with van der Waals surface area (Å²) in [6.45, 7) is -0.0313. The number of ketones is 1. The lowest BCUT2D eigenvalue weighted by molar-refractivity contribution is -0.484. The molecule has 1 aliphatic rings. The third kappa shape index (κ3) is 3.60. The lowest BCUT2D eigenvalue weighted by atomic mass is 9.82. The Kier molecular flexibility index (Phi) is 4.59. The van der Waals surface area contributed by atoms with E-state index in [0.29, 0.717) is 12.2 Å². The summed E-state index contributed by atoms with van der Waals surface area (Å²) in [5.74, 6) is -1.45. The molecule has 0 unspecified atom stereocenters. The third-order valence-corrected chi connectivity index (χ3v) is 3.54. The number of non-ortho nitro benzene ring substituents is 1. The van der Waals surface area contributed by atoms with Crippen molar-refractivity contribution in [2.45, 2.75) is 12.3 Å². The molecule has 0 bridgehead atoms. The van der Waals surface area contributed by atoms with Crippen molar-refractivity contribution in [2.24, 2.45) is 5.92 Å². The summed E-state index contributed by atoms with van der Waals surface area (Å²) in [5, 5.41) is 21.7. The highest BCUT2D eigenvalue weighted by atomic mass is 16.6. The Hall–Kier alpha value is -2.35. The number of Topliss-reactive ketones (excluding diaryl/α,β-unsaturated/α-hetero) is 1. The van der Waals surface area contributed by atoms with Crippen LogP contribution in [-0.2, 0) is 9.53 Å². The molecular weight excluding hydrogens is 280 g/mol. The molecule has 0 N–H and O–H groups in total. The van der Waals surface area contributed by atoms with Gasteiger partial charge in [-0.1, -0.05) is 12.1 Å². The number of rotatable bonds is 5. The van der Waals surface area contributed by atoms with Crippen LogP contribution in [0.5, 0.6) is 0 Å². The van der Waals surface area contributed by atoms with E-state index >= 15 is 0 Å². The van der Waals surface area contributed by atoms with Crippen LogP contribution < -0.4 is 0 Å². The fraction of sp³-hybridized carbons (Fsp3) is 0.462. The van der Waals surface area contributed by atoms with Crippen LogP contribution in [0.4, 0.5) is 5.69 Å². The largest absolute Gasteiger partial charge is 0.380 e. The van der Waals surface area contributed by atoms with E-state index < -0.39 is 28.2 Å². The minimum atomic E-state index is -0.715. The normalized spacial score (nSPS) is 20.0. The second-order valence-electron chi connectivity index (χ2n) is 4.87. The maximum Gasteiger partial charge on any atom is 0.269 e. The molecule has 1 heterocycles. The first-order valence-electron chi connectivity index (χ1n) is 6.45. The highest BCUT2D eigenvalue weighted by Crippen LogP contribution is 2.31. The highest BCUT2D eigenvalue weighted by molar-refractivity contribution is 5.82. The molecule has 0 aliphatic carbocycles. The SMILES string of the molecule is O=C1CCOC[C@H]1[C@@H](C[N+](=O)[O-])c1cccc([N+](=O)[O-])c1. The molecule has 1 fully saturated rings. The molecule has 0 amide bonds. The molecule has 2 rings (SSSR count). The van der Waals surface area contributed by atoms with Gasteiger partial charge in [-0.2, -0.15) is 0 Å². The molecule has 0 aromatic heterocycles. The standard InChI is InChI=1S/C13H14N2O6/c16-13-4-5-21-8-12(13)11(7-14(17)18)9-2-1-3-10(6-9)15(19)20/h1-3,6,11-12H,4-5,7-8H2/t11-,12-/m0/s1. The van der Waals surface area contributed by atoms with E-state index in [4.69, 9.17) is 4.74 Å². The first-order valence-corrected chi connectivity index (χ1v) is 6.45. The number of carbonyl (C=O) groups is 1. The van der Waals surface area contributed by atoms with Gasteiger partial charge in [-0.15, -0.1) is 0 Å². The molecule has 8 heteroatoms. The summed E-state index contributed by atoms with van der Waals surface area (Å²) < 4.78 is 5.24. The van der Waals surface area contributed by atoms with Crippen molar-refractivity contribution in [2.75, 3.05) is 19.8 Å². The molecule has 2 atom stereocenters. The maximum absolute atomic E-state index is 12.0. The first kappa shape index (κ1) is 15.0. The number of nitrogens with zero attached hydrogens (tertiary/aromatic N) is 2. The summed E-state index contributed by atoms with van der Waals surface area (Å²) in [6.07, 6.45) is 0.216. The van der Waals surface area contributed by atoms with Crippen molar-refractivity contribution in [1.82, 2.24) is 0 Å². The molecule has 112 valence electrons. The van der Waals surface area contributed by atoms with Gasteiger partial charge in [0.15, 0.2) is 0 Å². The molecule has 8 nitrogen and oxygen atoms in total. The smallest absolute Gasteiger partial charge is 0.269 e. The average Bonchev–Trinajstić information content (AvgIpc) is 2.45. The number of hydrogen-bond acceptors (Lipinski definition) is 6. The van der Waals surface area contributed by atoms with Crippen molar-refractivity contribution >= 4 is 11.5 Å². The zero-order chi connectivity index (χ0) is 15.4. The van der Waals surface area contributed by atoms with Crippen molar-refractivity contribution < 1.29 is 19.4 Å². The van der Waals surface area contributed by atoms with Crippen molar-refractivity contribution in [1.29, 1.82) is 0 Å². The van der Waals surface area contributed by atoms with E-state index in [1.807, 2.05) is 0 Å². The molecule has 0 spiro atoms. The lowest BCUT2D eigenvalue weighted by Crippen LogP contribution is -2.35. The maximum atomic E-state index is 12.0. The third-order valence-electron chi connectivity index (χ3n) is 3.54. The summed E-state index contributed by atoms with van der Waals surface area (Å²) in [6, 6.07) is 5.64. The molecule has 0 radical (unpaired) electrons. The van der Waals surface area contributed by atoms with Gasteiger partial charge in [0, 0.05) is 23.5 Å². The summed E-state index contributed by atoms with van der Waals surface area (Å²) in [7, 11) is 0. The quantitative estimate of drug-likeness (QED) is 0.601. The first-order chi connectivity index (χ1) is 9.99. The molecule has 1 aliphatic heterocycles. The fourth-order valence-electron chi connectivity index (χ4n) is 2.50. The Bertz CT molecular complexity index is 574. The Morgan fingerprint density at radius 3 is 2.71 bits per heavy atom. The van der Waals surface area contributed by atoms with E-state index in [-0.39, 0.29) is 24.5 Å². The van der Waals surface area contributed by atoms with Crippen molar-refractivity contribution in [3.05, 3.63) is 50.1 Å². The number of nitro groups is 2. The zero-order valence-electron chi connectivity index (χ0n) is 11.1. The fourth-order valence-corrected chi connectivity index (χ4v) is 2.50. The second kappa shape index (κ2) is 6.40. The molecular formula is C13H14N2O6. The summed E-state index contributed by atoms with van der Waals surface area (Å²) >= 11 is 0. The molecule has 0 saturated carbocycles. The van der Waals surface area contributed by atoms with Crippen LogP contribution in [0, 0.1) is 26.1 Å². The van der Waals surface area contributed by atoms with Crippen molar-refractivity contribution in [3.8, 4) is 0 Å². The monoisotopic (exact) mass is 294 g/mol. The van der Waals surface area contributed by atoms with Gasteiger partial charge in [-0.3, -0.25) is 25.0 Å². The van der Waals surface area contributed by atoms with E-state index in [0.717, 1.165) is 0 Å². The Labute approximate surface area is 120 Å². The van der Waals surface area contributed by atoms with E-state index in [9.17, 15) is 25.0 Å². The van der Waals surface area contributed by atoms with E-state index in [1.54, 1.807) is 6.07 Å². The minimum Gasteiger partial charge on any atom is -0.380 e. The van der Waals surface area contributed by atoms with Gasteiger partial charge >= 0.3 is 0 Å². The minimum absolute atomic E-state index is 0.0976. The highest BCUT2D eigenvalue weighted by Gasteiger charge is 2.35. The predicted molar refractivity (Wildman–Crippen MR) is 71.6 cm³/mol. The van der Waals surface area contributed by atoms with Crippen LogP contribution in [0.2, 0.25) is 0 Å². The summed E-state index contributed by atoms with van der Waals surface area (Å²) in [4.78, 5) is 32.6. The molecule has 21 heavy (non-hydrogen) atoms. The molecule has 1 saturated heterocycles. The van der Waals surface area contributed by atoms with Gasteiger partial charge in [0.1, 0.15) is 5.78 Å². The van der Waals surface area contributed by atoms with E-state index in [1.165, 1.54) is 18.2 Å². The number of ether oxygens (including phenoxy) is 1. The summed E-state index contributed by atoms with van der Waals surface area (Å²) in [5.41, 5.74) is 0.273. The van der Waals surface area contributed by atoms with Gasteiger partial charge in [-0.05, 0) is 5.56 Å². The average molecular weight is 294 g/mol. The van der Waals surface area contributed by atoms with Crippen LogP contribution in [-0.4, -0.2) is 35.4 Å². The molecule has 1 aromatic rings. The van der Waals surface area contributed by atoms with Crippen LogP contribution in [0.3, 0.4) is 0 Å². The van der Waals surface area contributed by atoms with Gasteiger partial charge in [0.05, 0.1) is 30.0 Å². The second-order valence-corrected chi connectivity index (χ2v) is 4.87. The van der Waals surface area contributed by atoms with Gasteiger partial charge in [0.25, 0.3) is 5.69 Å². The number of hydrogen-bond donors (Lipinski definition) is 0. The van der Waals surface area contributed by atoms with Crippen LogP contribution in [0.15, 0.2) is 24.3 Å². The van der Waals surface area contributed by atoms with E-state index in [2.05, 4.69) is 0 Å². The topological polar surface area (TPSA) is 113 Å². The van der Waals surface area contributed by atoms with Crippen LogP contribution in [0.25, 0.3) is 0 Å². The van der Waals surface area contributed by atoms with Crippen molar-refractivity contribution in [3.63, 3.8) is 0 Å². The lowest BCUT2D eigenvalue weighted by Gasteiger charge is -2.26. The predicted octanol–water partition coefficient (Wildman–Crippen LogP) is 1.56. The van der Waals surface area contributed by atoms with Crippen LogP contribution in [0.1, 0.15) is 17.9 Å². The Morgan fingerprint density at radius 2 is 2.10 bits per heavy atom. The van der Waals surface area contributed by atoms with Gasteiger partial charge < -0.3 is 4.74 Å². The molecule has 1 aromatic carbocycles. The van der Waals surface area contributed by atoms with Gasteiger partial charge in [-0.25, -0.2) is 0 Å². The zero-order valence-corrected chi connectivity index (χ0v) is 11.1.